The van der Waals surface area contributed by atoms with E-state index in [0.717, 1.165) is 43.5 Å². The van der Waals surface area contributed by atoms with Crippen molar-refractivity contribution in [1.29, 1.82) is 0 Å². The highest BCUT2D eigenvalue weighted by atomic mass is 35.5. The number of nitrogens with zero attached hydrogens (tertiary/aromatic N) is 3. The van der Waals surface area contributed by atoms with E-state index in [4.69, 9.17) is 11.6 Å². The van der Waals surface area contributed by atoms with Crippen LogP contribution in [0.5, 0.6) is 0 Å². The normalized spacial score (nSPS) is 19.4. The maximum Gasteiger partial charge on any atom is 0.187 e. The first kappa shape index (κ1) is 9.18. The molecule has 0 aromatic carbocycles. The SMILES string of the molecule is OC1CCN(c2nsnc2Cl)CC1. The lowest BCUT2D eigenvalue weighted by molar-refractivity contribution is 0.145. The quantitative estimate of drug-likeness (QED) is 0.770. The Balaban J connectivity index is 2.06. The zero-order valence-electron chi connectivity index (χ0n) is 6.98. The molecular weight excluding hydrogens is 210 g/mol. The van der Waals surface area contributed by atoms with Crippen molar-refractivity contribution in [2.45, 2.75) is 18.9 Å². The molecule has 6 heteroatoms. The fourth-order valence-corrected chi connectivity index (χ4v) is 2.22. The first-order valence-corrected chi connectivity index (χ1v) is 5.29. The molecule has 2 rings (SSSR count). The minimum atomic E-state index is -0.165. The molecule has 72 valence electrons. The van der Waals surface area contributed by atoms with Crippen LogP contribution in [0.25, 0.3) is 0 Å². The largest absolute Gasteiger partial charge is 0.393 e. The van der Waals surface area contributed by atoms with Gasteiger partial charge in [-0.2, -0.15) is 8.75 Å². The highest BCUT2D eigenvalue weighted by Crippen LogP contribution is 2.25. The first-order valence-electron chi connectivity index (χ1n) is 4.18. The van der Waals surface area contributed by atoms with E-state index in [9.17, 15) is 5.11 Å². The number of hydrogen-bond acceptors (Lipinski definition) is 5. The molecule has 1 fully saturated rings. The van der Waals surface area contributed by atoms with Crippen LogP contribution in [0.3, 0.4) is 0 Å². The topological polar surface area (TPSA) is 49.2 Å². The van der Waals surface area contributed by atoms with Crippen molar-refractivity contribution in [3.63, 3.8) is 0 Å². The minimum absolute atomic E-state index is 0.165. The van der Waals surface area contributed by atoms with Crippen LogP contribution in [-0.4, -0.2) is 33.0 Å². The van der Waals surface area contributed by atoms with E-state index in [-0.39, 0.29) is 6.10 Å². The molecule has 1 aromatic heterocycles. The molecule has 0 atom stereocenters. The average molecular weight is 220 g/mol. The summed E-state index contributed by atoms with van der Waals surface area (Å²) in [5.41, 5.74) is 0. The van der Waals surface area contributed by atoms with Crippen LogP contribution in [-0.2, 0) is 0 Å². The summed E-state index contributed by atoms with van der Waals surface area (Å²) in [4.78, 5) is 2.07. The van der Waals surface area contributed by atoms with Crippen molar-refractivity contribution < 1.29 is 5.11 Å². The van der Waals surface area contributed by atoms with Crippen molar-refractivity contribution >= 4 is 29.1 Å². The Hall–Kier alpha value is -0.390. The molecule has 1 saturated heterocycles. The van der Waals surface area contributed by atoms with Crippen molar-refractivity contribution in [2.75, 3.05) is 18.0 Å². The summed E-state index contributed by atoms with van der Waals surface area (Å²) in [5.74, 6) is 0.763. The molecule has 4 nitrogen and oxygen atoms in total. The van der Waals surface area contributed by atoms with Crippen LogP contribution in [0.2, 0.25) is 5.15 Å². The van der Waals surface area contributed by atoms with Crippen LogP contribution in [0, 0.1) is 0 Å². The predicted molar refractivity (Wildman–Crippen MR) is 52.4 cm³/mol. The van der Waals surface area contributed by atoms with Gasteiger partial charge in [-0.1, -0.05) is 11.6 Å². The van der Waals surface area contributed by atoms with Gasteiger partial charge in [-0.15, -0.1) is 0 Å². The summed E-state index contributed by atoms with van der Waals surface area (Å²) in [6, 6.07) is 0. The third kappa shape index (κ3) is 1.92. The number of rotatable bonds is 1. The maximum absolute atomic E-state index is 9.30. The predicted octanol–water partition coefficient (Wildman–Crippen LogP) is 1.15. The molecule has 0 bridgehead atoms. The molecule has 0 saturated carbocycles. The number of piperidine rings is 1. The number of aliphatic hydroxyl groups excluding tert-OH is 1. The van der Waals surface area contributed by atoms with E-state index in [1.807, 2.05) is 0 Å². The summed E-state index contributed by atoms with van der Waals surface area (Å²) < 4.78 is 8.01. The zero-order valence-corrected chi connectivity index (χ0v) is 8.55. The monoisotopic (exact) mass is 219 g/mol. The van der Waals surface area contributed by atoms with Crippen molar-refractivity contribution in [2.24, 2.45) is 0 Å². The van der Waals surface area contributed by atoms with Crippen molar-refractivity contribution in [1.82, 2.24) is 8.75 Å². The number of hydrogen-bond donors (Lipinski definition) is 1. The highest BCUT2D eigenvalue weighted by molar-refractivity contribution is 6.99. The first-order chi connectivity index (χ1) is 6.27. The molecule has 0 spiro atoms. The van der Waals surface area contributed by atoms with Gasteiger partial charge in [0, 0.05) is 13.1 Å². The van der Waals surface area contributed by atoms with Crippen molar-refractivity contribution in [3.05, 3.63) is 5.15 Å². The molecule has 1 aromatic rings. The van der Waals surface area contributed by atoms with Gasteiger partial charge < -0.3 is 10.0 Å². The second-order valence-corrected chi connectivity index (χ2v) is 3.98. The van der Waals surface area contributed by atoms with Crippen LogP contribution in [0.4, 0.5) is 5.82 Å². The van der Waals surface area contributed by atoms with E-state index in [1.54, 1.807) is 0 Å². The van der Waals surface area contributed by atoms with Crippen molar-refractivity contribution in [3.8, 4) is 0 Å². The second-order valence-electron chi connectivity index (χ2n) is 3.10. The summed E-state index contributed by atoms with van der Waals surface area (Å²) >= 11 is 6.97. The second kappa shape index (κ2) is 3.77. The number of anilines is 1. The minimum Gasteiger partial charge on any atom is -0.393 e. The molecule has 0 unspecified atom stereocenters. The third-order valence-electron chi connectivity index (χ3n) is 2.20. The molecule has 1 N–H and O–H groups in total. The molecular formula is C7H10ClN3OS. The van der Waals surface area contributed by atoms with Crippen LogP contribution < -0.4 is 4.90 Å². The lowest BCUT2D eigenvalue weighted by Crippen LogP contribution is -2.36. The lowest BCUT2D eigenvalue weighted by atomic mass is 10.1. The van der Waals surface area contributed by atoms with Gasteiger partial charge in [0.05, 0.1) is 17.8 Å². The van der Waals surface area contributed by atoms with Crippen LogP contribution in [0.15, 0.2) is 0 Å². The van der Waals surface area contributed by atoms with Gasteiger partial charge in [0.2, 0.25) is 0 Å². The summed E-state index contributed by atoms with van der Waals surface area (Å²) in [6.45, 7) is 1.62. The van der Waals surface area contributed by atoms with E-state index in [2.05, 4.69) is 13.6 Å². The van der Waals surface area contributed by atoms with E-state index in [0.29, 0.717) is 5.15 Å². The molecule has 13 heavy (non-hydrogen) atoms. The van der Waals surface area contributed by atoms with Gasteiger partial charge in [-0.25, -0.2) is 0 Å². The Morgan fingerprint density at radius 1 is 1.38 bits per heavy atom. The fraction of sp³-hybridized carbons (Fsp3) is 0.714. The van der Waals surface area contributed by atoms with Gasteiger partial charge in [0.1, 0.15) is 0 Å². The van der Waals surface area contributed by atoms with Gasteiger partial charge in [-0.05, 0) is 12.8 Å². The molecule has 2 heterocycles. The van der Waals surface area contributed by atoms with E-state index >= 15 is 0 Å². The van der Waals surface area contributed by atoms with E-state index in [1.165, 1.54) is 0 Å². The molecule has 1 aliphatic heterocycles. The molecule has 0 radical (unpaired) electrons. The Morgan fingerprint density at radius 2 is 2.08 bits per heavy atom. The van der Waals surface area contributed by atoms with Gasteiger partial charge in [0.15, 0.2) is 11.0 Å². The van der Waals surface area contributed by atoms with Crippen LogP contribution >= 0.6 is 23.3 Å². The average Bonchev–Trinajstić information content (AvgIpc) is 2.53. The zero-order chi connectivity index (χ0) is 9.26. The van der Waals surface area contributed by atoms with Gasteiger partial charge >= 0.3 is 0 Å². The molecule has 0 amide bonds. The van der Waals surface area contributed by atoms with E-state index < -0.39 is 0 Å². The summed E-state index contributed by atoms with van der Waals surface area (Å²) in [6.07, 6.45) is 1.41. The lowest BCUT2D eigenvalue weighted by Gasteiger charge is -2.29. The Bertz CT molecular complexity index is 285. The molecule has 1 aliphatic rings. The Kier molecular flexibility index (Phi) is 2.66. The Morgan fingerprint density at radius 3 is 2.62 bits per heavy atom. The number of aromatic nitrogens is 2. The summed E-state index contributed by atoms with van der Waals surface area (Å²) in [7, 11) is 0. The highest BCUT2D eigenvalue weighted by Gasteiger charge is 2.21. The third-order valence-corrected chi connectivity index (χ3v) is 3.07. The molecule has 0 aliphatic carbocycles. The summed E-state index contributed by atoms with van der Waals surface area (Å²) in [5, 5.41) is 9.77. The Labute approximate surface area is 85.5 Å². The van der Waals surface area contributed by atoms with Gasteiger partial charge in [-0.3, -0.25) is 0 Å². The number of aliphatic hydroxyl groups is 1. The fourth-order valence-electron chi connectivity index (χ4n) is 1.44. The maximum atomic E-state index is 9.30. The van der Waals surface area contributed by atoms with Crippen LogP contribution in [0.1, 0.15) is 12.8 Å². The standard InChI is InChI=1S/C7H10ClN3OS/c8-6-7(10-13-9-6)11-3-1-5(12)2-4-11/h5,12H,1-4H2. The number of halogens is 1. The smallest absolute Gasteiger partial charge is 0.187 e. The van der Waals surface area contributed by atoms with Gasteiger partial charge in [0.25, 0.3) is 0 Å².